The van der Waals surface area contributed by atoms with Crippen molar-refractivity contribution in [1.29, 1.82) is 0 Å². The van der Waals surface area contributed by atoms with Crippen molar-refractivity contribution >= 4 is 23.3 Å². The fourth-order valence-corrected chi connectivity index (χ4v) is 2.08. The zero-order valence-electron chi connectivity index (χ0n) is 14.4. The van der Waals surface area contributed by atoms with Gasteiger partial charge in [0, 0.05) is 12.1 Å². The molecule has 0 spiro atoms. The number of hydrogen-bond acceptors (Lipinski definition) is 7. The molecule has 0 heterocycles. The third-order valence-electron chi connectivity index (χ3n) is 3.40. The van der Waals surface area contributed by atoms with E-state index in [1.165, 1.54) is 38.5 Å². The monoisotopic (exact) mass is 378 g/mol. The molecule has 2 aromatic rings. The number of non-ortho nitro benzene ring substituents is 1. The van der Waals surface area contributed by atoms with Crippen LogP contribution >= 0.6 is 0 Å². The van der Waals surface area contributed by atoms with E-state index in [4.69, 9.17) is 14.2 Å². The molecule has 0 aliphatic rings. The molecule has 2 aromatic carbocycles. The first-order chi connectivity index (χ1) is 12.8. The SMILES string of the molecule is COc1ccc(C(=O)OCC(=O)Nc2ccc([N+](=O)[O-])cc2OC)c(F)c1. The van der Waals surface area contributed by atoms with Crippen LogP contribution < -0.4 is 14.8 Å². The van der Waals surface area contributed by atoms with Crippen LogP contribution in [0.4, 0.5) is 15.8 Å². The Hall–Kier alpha value is -3.69. The van der Waals surface area contributed by atoms with Crippen molar-refractivity contribution in [3.8, 4) is 11.5 Å². The van der Waals surface area contributed by atoms with Crippen LogP contribution in [0.25, 0.3) is 0 Å². The standard InChI is InChI=1S/C17H15FN2O7/c1-25-11-4-5-12(13(18)8-11)17(22)27-9-16(21)19-14-6-3-10(20(23)24)7-15(14)26-2/h3-8H,9H2,1-2H3,(H,19,21). The fourth-order valence-electron chi connectivity index (χ4n) is 2.08. The number of esters is 1. The van der Waals surface area contributed by atoms with E-state index in [1.807, 2.05) is 0 Å². The molecule has 0 aromatic heterocycles. The predicted molar refractivity (Wildman–Crippen MR) is 91.5 cm³/mol. The van der Waals surface area contributed by atoms with Gasteiger partial charge in [-0.2, -0.15) is 0 Å². The van der Waals surface area contributed by atoms with Gasteiger partial charge in [0.05, 0.1) is 36.5 Å². The summed E-state index contributed by atoms with van der Waals surface area (Å²) in [5.74, 6) is -2.32. The van der Waals surface area contributed by atoms with Crippen molar-refractivity contribution in [1.82, 2.24) is 0 Å². The third kappa shape index (κ3) is 4.91. The molecule has 9 nitrogen and oxygen atoms in total. The van der Waals surface area contributed by atoms with Crippen molar-refractivity contribution in [2.24, 2.45) is 0 Å². The molecule has 0 fully saturated rings. The third-order valence-corrected chi connectivity index (χ3v) is 3.40. The molecule has 2 rings (SSSR count). The quantitative estimate of drug-likeness (QED) is 0.447. The summed E-state index contributed by atoms with van der Waals surface area (Å²) in [7, 11) is 2.63. The normalized spacial score (nSPS) is 10.0. The molecule has 0 bridgehead atoms. The van der Waals surface area contributed by atoms with E-state index in [1.54, 1.807) is 0 Å². The molecule has 0 saturated carbocycles. The highest BCUT2D eigenvalue weighted by Gasteiger charge is 2.17. The van der Waals surface area contributed by atoms with Crippen molar-refractivity contribution < 1.29 is 33.1 Å². The summed E-state index contributed by atoms with van der Waals surface area (Å²) < 4.78 is 28.4. The van der Waals surface area contributed by atoms with E-state index < -0.39 is 29.2 Å². The summed E-state index contributed by atoms with van der Waals surface area (Å²) >= 11 is 0. The number of nitro groups is 1. The number of methoxy groups -OCH3 is 2. The number of carbonyl (C=O) groups is 2. The number of nitrogens with zero attached hydrogens (tertiary/aromatic N) is 1. The molecule has 10 heteroatoms. The fraction of sp³-hybridized carbons (Fsp3) is 0.176. The molecule has 0 unspecified atom stereocenters. The van der Waals surface area contributed by atoms with Gasteiger partial charge in [0.25, 0.3) is 11.6 Å². The van der Waals surface area contributed by atoms with Crippen LogP contribution in [0.5, 0.6) is 11.5 Å². The van der Waals surface area contributed by atoms with Gasteiger partial charge in [0.15, 0.2) is 6.61 Å². The maximum atomic E-state index is 13.8. The van der Waals surface area contributed by atoms with Gasteiger partial charge in [-0.25, -0.2) is 9.18 Å². The number of nitrogens with one attached hydrogen (secondary N) is 1. The van der Waals surface area contributed by atoms with Crippen molar-refractivity contribution in [3.05, 3.63) is 57.9 Å². The smallest absolute Gasteiger partial charge is 0.341 e. The second kappa shape index (κ2) is 8.61. The molecule has 0 radical (unpaired) electrons. The number of ether oxygens (including phenoxy) is 3. The van der Waals surface area contributed by atoms with Crippen LogP contribution in [-0.2, 0) is 9.53 Å². The van der Waals surface area contributed by atoms with Crippen LogP contribution in [0.1, 0.15) is 10.4 Å². The Kier molecular flexibility index (Phi) is 6.26. The maximum Gasteiger partial charge on any atom is 0.341 e. The molecule has 0 aliphatic carbocycles. The van der Waals surface area contributed by atoms with Gasteiger partial charge < -0.3 is 19.5 Å². The van der Waals surface area contributed by atoms with Gasteiger partial charge in [-0.15, -0.1) is 0 Å². The van der Waals surface area contributed by atoms with Crippen molar-refractivity contribution in [2.75, 3.05) is 26.1 Å². The number of benzene rings is 2. The number of rotatable bonds is 7. The minimum absolute atomic E-state index is 0.0603. The molecular formula is C17H15FN2O7. The molecule has 1 amide bonds. The lowest BCUT2D eigenvalue weighted by Gasteiger charge is -2.10. The zero-order valence-corrected chi connectivity index (χ0v) is 14.4. The van der Waals surface area contributed by atoms with E-state index in [9.17, 15) is 24.1 Å². The van der Waals surface area contributed by atoms with E-state index >= 15 is 0 Å². The summed E-state index contributed by atoms with van der Waals surface area (Å²) in [5.41, 5.74) is -0.414. The number of halogens is 1. The van der Waals surface area contributed by atoms with Crippen molar-refractivity contribution in [3.63, 3.8) is 0 Å². The predicted octanol–water partition coefficient (Wildman–Crippen LogP) is 2.55. The van der Waals surface area contributed by atoms with Gasteiger partial charge in [-0.05, 0) is 18.2 Å². The summed E-state index contributed by atoms with van der Waals surface area (Å²) in [6, 6.07) is 7.15. The van der Waals surface area contributed by atoms with E-state index in [-0.39, 0.29) is 28.4 Å². The highest BCUT2D eigenvalue weighted by Crippen LogP contribution is 2.28. The lowest BCUT2D eigenvalue weighted by atomic mass is 10.2. The number of anilines is 1. The molecule has 0 aliphatic heterocycles. The van der Waals surface area contributed by atoms with Crippen LogP contribution in [-0.4, -0.2) is 37.6 Å². The number of hydrogen-bond donors (Lipinski definition) is 1. The first kappa shape index (κ1) is 19.6. The summed E-state index contributed by atoms with van der Waals surface area (Å²) in [4.78, 5) is 33.9. The van der Waals surface area contributed by atoms with E-state index in [2.05, 4.69) is 5.32 Å². The minimum atomic E-state index is -1.03. The summed E-state index contributed by atoms with van der Waals surface area (Å²) in [6.45, 7) is -0.690. The average Bonchev–Trinajstić information content (AvgIpc) is 2.66. The molecule has 0 atom stereocenters. The van der Waals surface area contributed by atoms with Crippen LogP contribution in [0.2, 0.25) is 0 Å². The molecule has 27 heavy (non-hydrogen) atoms. The van der Waals surface area contributed by atoms with Gasteiger partial charge in [-0.1, -0.05) is 0 Å². The Morgan fingerprint density at radius 1 is 1.15 bits per heavy atom. The van der Waals surface area contributed by atoms with Gasteiger partial charge in [0.2, 0.25) is 0 Å². The lowest BCUT2D eigenvalue weighted by Crippen LogP contribution is -2.21. The first-order valence-corrected chi connectivity index (χ1v) is 7.48. The molecule has 1 N–H and O–H groups in total. The highest BCUT2D eigenvalue weighted by atomic mass is 19.1. The van der Waals surface area contributed by atoms with Crippen LogP contribution in [0, 0.1) is 15.9 Å². The first-order valence-electron chi connectivity index (χ1n) is 7.48. The molecule has 142 valence electrons. The molecule has 0 saturated heterocycles. The van der Waals surface area contributed by atoms with Gasteiger partial charge >= 0.3 is 5.97 Å². The second-order valence-electron chi connectivity index (χ2n) is 5.11. The Bertz CT molecular complexity index is 886. The number of carbonyl (C=O) groups excluding carboxylic acids is 2. The van der Waals surface area contributed by atoms with Crippen molar-refractivity contribution in [2.45, 2.75) is 0 Å². The number of nitro benzene ring substituents is 1. The minimum Gasteiger partial charge on any atom is -0.497 e. The Balaban J connectivity index is 2.00. The topological polar surface area (TPSA) is 117 Å². The van der Waals surface area contributed by atoms with Gasteiger partial charge in [-0.3, -0.25) is 14.9 Å². The summed E-state index contributed by atoms with van der Waals surface area (Å²) in [5, 5.41) is 13.1. The largest absolute Gasteiger partial charge is 0.497 e. The van der Waals surface area contributed by atoms with E-state index in [0.717, 1.165) is 12.1 Å². The maximum absolute atomic E-state index is 13.8. The van der Waals surface area contributed by atoms with Gasteiger partial charge in [0.1, 0.15) is 17.3 Å². The Morgan fingerprint density at radius 2 is 1.89 bits per heavy atom. The average molecular weight is 378 g/mol. The number of amides is 1. The lowest BCUT2D eigenvalue weighted by molar-refractivity contribution is -0.384. The van der Waals surface area contributed by atoms with Crippen LogP contribution in [0.3, 0.4) is 0 Å². The second-order valence-corrected chi connectivity index (χ2v) is 5.11. The Morgan fingerprint density at radius 3 is 2.48 bits per heavy atom. The van der Waals surface area contributed by atoms with Crippen LogP contribution in [0.15, 0.2) is 36.4 Å². The van der Waals surface area contributed by atoms with E-state index in [0.29, 0.717) is 0 Å². The Labute approximate surface area is 152 Å². The summed E-state index contributed by atoms with van der Waals surface area (Å²) in [6.07, 6.45) is 0. The highest BCUT2D eigenvalue weighted by molar-refractivity contribution is 5.96. The molecular weight excluding hydrogens is 363 g/mol. The zero-order chi connectivity index (χ0) is 20.0.